The maximum absolute atomic E-state index is 12.7. The second-order valence-corrected chi connectivity index (χ2v) is 17.0. The highest BCUT2D eigenvalue weighted by atomic mass is 16.6. The van der Waals surface area contributed by atoms with Gasteiger partial charge in [0.2, 0.25) is 0 Å². The van der Waals surface area contributed by atoms with Crippen molar-refractivity contribution >= 4 is 17.9 Å². The first-order valence-electron chi connectivity index (χ1n) is 23.7. The molecule has 0 spiro atoms. The molecule has 336 valence electrons. The molecule has 0 amide bonds. The van der Waals surface area contributed by atoms with Gasteiger partial charge in [-0.15, -0.1) is 0 Å². The predicted molar refractivity (Wildman–Crippen MR) is 240 cm³/mol. The Morgan fingerprint density at radius 1 is 0.534 bits per heavy atom. The van der Waals surface area contributed by atoms with Gasteiger partial charge in [0.1, 0.15) is 12.6 Å². The number of unbranched alkanes of at least 4 members (excludes halogenated alkanes) is 20. The largest absolute Gasteiger partial charge is 0.544 e. The minimum atomic E-state index is -1.13. The average molecular weight is 816 g/mol. The molecule has 0 bridgehead atoms. The summed E-state index contributed by atoms with van der Waals surface area (Å²) in [6, 6.07) is -0.728. The zero-order valence-corrected chi connectivity index (χ0v) is 38.2. The van der Waals surface area contributed by atoms with Crippen molar-refractivity contribution in [3.8, 4) is 0 Å². The van der Waals surface area contributed by atoms with Crippen molar-refractivity contribution in [1.82, 2.24) is 0 Å². The summed E-state index contributed by atoms with van der Waals surface area (Å²) in [6.45, 7) is 4.53. The summed E-state index contributed by atoms with van der Waals surface area (Å²) >= 11 is 0. The van der Waals surface area contributed by atoms with Crippen LogP contribution in [0.25, 0.3) is 0 Å². The highest BCUT2D eigenvalue weighted by Crippen LogP contribution is 2.14. The number of aliphatic carboxylic acids is 1. The molecule has 0 aromatic carbocycles. The van der Waals surface area contributed by atoms with Crippen molar-refractivity contribution in [3.05, 3.63) is 48.6 Å². The van der Waals surface area contributed by atoms with Gasteiger partial charge in [0.05, 0.1) is 40.3 Å². The quantitative estimate of drug-likeness (QED) is 0.0262. The highest BCUT2D eigenvalue weighted by Gasteiger charge is 2.25. The van der Waals surface area contributed by atoms with Gasteiger partial charge in [-0.25, -0.2) is 0 Å². The number of rotatable bonds is 42. The Hall–Kier alpha value is -2.71. The van der Waals surface area contributed by atoms with Crippen LogP contribution in [-0.2, 0) is 28.6 Å². The van der Waals surface area contributed by atoms with E-state index in [0.717, 1.165) is 70.6 Å². The normalized spacial score (nSPS) is 13.3. The molecule has 2 atom stereocenters. The van der Waals surface area contributed by atoms with Gasteiger partial charge >= 0.3 is 11.9 Å². The molecule has 0 aliphatic rings. The topological polar surface area (TPSA) is 102 Å². The molecular weight excluding hydrogens is 727 g/mol. The average Bonchev–Trinajstić information content (AvgIpc) is 3.18. The predicted octanol–water partition coefficient (Wildman–Crippen LogP) is 11.9. The lowest BCUT2D eigenvalue weighted by atomic mass is 10.0. The Morgan fingerprint density at radius 2 is 0.966 bits per heavy atom. The molecule has 0 fully saturated rings. The van der Waals surface area contributed by atoms with Crippen molar-refractivity contribution in [2.45, 2.75) is 212 Å². The van der Waals surface area contributed by atoms with Crippen LogP contribution < -0.4 is 5.11 Å². The third kappa shape index (κ3) is 38.8. The smallest absolute Gasteiger partial charge is 0.306 e. The van der Waals surface area contributed by atoms with Gasteiger partial charge in [-0.1, -0.05) is 159 Å². The second-order valence-electron chi connectivity index (χ2n) is 17.0. The molecule has 0 aliphatic carbocycles. The summed E-state index contributed by atoms with van der Waals surface area (Å²) in [7, 11) is 5.40. The first-order chi connectivity index (χ1) is 28.1. The van der Waals surface area contributed by atoms with E-state index in [-0.39, 0.29) is 42.7 Å². The SMILES string of the molecule is CC/C=C/C/C=C/C/C=C/CCCCCCCCCCCCCC(=O)OCC(COCCC(C(=O)[O-])[N+](C)(C)C)OC(=O)CCCCC/C=C/CCCCCCCC. The summed E-state index contributed by atoms with van der Waals surface area (Å²) in [5.41, 5.74) is 0. The van der Waals surface area contributed by atoms with E-state index in [1.165, 1.54) is 96.3 Å². The van der Waals surface area contributed by atoms with Crippen molar-refractivity contribution in [2.75, 3.05) is 41.0 Å². The van der Waals surface area contributed by atoms with Crippen LogP contribution >= 0.6 is 0 Å². The van der Waals surface area contributed by atoms with E-state index in [2.05, 4.69) is 62.5 Å². The molecule has 0 aromatic rings. The highest BCUT2D eigenvalue weighted by molar-refractivity contribution is 5.70. The molecular formula is C50H89NO7. The molecule has 0 aromatic heterocycles. The Morgan fingerprint density at radius 3 is 1.47 bits per heavy atom. The van der Waals surface area contributed by atoms with Crippen molar-refractivity contribution in [2.24, 2.45) is 0 Å². The molecule has 0 heterocycles. The van der Waals surface area contributed by atoms with Gasteiger partial charge in [-0.3, -0.25) is 9.59 Å². The molecule has 58 heavy (non-hydrogen) atoms. The lowest BCUT2D eigenvalue weighted by molar-refractivity contribution is -0.889. The van der Waals surface area contributed by atoms with E-state index in [1.54, 1.807) is 21.1 Å². The van der Waals surface area contributed by atoms with Crippen LogP contribution in [-0.4, -0.2) is 75.5 Å². The molecule has 8 nitrogen and oxygen atoms in total. The summed E-state index contributed by atoms with van der Waals surface area (Å²) in [5.74, 6) is -1.76. The van der Waals surface area contributed by atoms with Gasteiger partial charge in [0.15, 0.2) is 6.10 Å². The fourth-order valence-electron chi connectivity index (χ4n) is 6.79. The minimum Gasteiger partial charge on any atom is -0.544 e. The molecule has 0 rings (SSSR count). The number of hydrogen-bond donors (Lipinski definition) is 0. The summed E-state index contributed by atoms with van der Waals surface area (Å²) in [4.78, 5) is 36.9. The van der Waals surface area contributed by atoms with Crippen molar-refractivity contribution < 1.29 is 38.2 Å². The third-order valence-corrected chi connectivity index (χ3v) is 10.4. The second kappa shape index (κ2) is 41.0. The third-order valence-electron chi connectivity index (χ3n) is 10.4. The number of ether oxygens (including phenoxy) is 3. The van der Waals surface area contributed by atoms with Gasteiger partial charge in [-0.2, -0.15) is 0 Å². The monoisotopic (exact) mass is 816 g/mol. The number of carbonyl (C=O) groups excluding carboxylic acids is 3. The van der Waals surface area contributed by atoms with E-state index in [4.69, 9.17) is 14.2 Å². The maximum atomic E-state index is 12.7. The molecule has 0 saturated carbocycles. The van der Waals surface area contributed by atoms with Crippen LogP contribution in [0.2, 0.25) is 0 Å². The van der Waals surface area contributed by atoms with Gasteiger partial charge in [0, 0.05) is 19.3 Å². The van der Waals surface area contributed by atoms with E-state index < -0.39 is 18.1 Å². The number of nitrogens with zero attached hydrogens (tertiary/aromatic N) is 1. The summed E-state index contributed by atoms with van der Waals surface area (Å²) in [5, 5.41) is 11.6. The van der Waals surface area contributed by atoms with Gasteiger partial charge in [0.25, 0.3) is 0 Å². The van der Waals surface area contributed by atoms with E-state index in [0.29, 0.717) is 12.8 Å². The Labute approximate surface area is 356 Å². The molecule has 0 radical (unpaired) electrons. The number of carbonyl (C=O) groups is 3. The van der Waals surface area contributed by atoms with Crippen LogP contribution in [0.3, 0.4) is 0 Å². The van der Waals surface area contributed by atoms with E-state index >= 15 is 0 Å². The molecule has 0 aliphatic heterocycles. The zero-order valence-electron chi connectivity index (χ0n) is 38.2. The van der Waals surface area contributed by atoms with Crippen LogP contribution in [0.15, 0.2) is 48.6 Å². The molecule has 0 N–H and O–H groups in total. The maximum Gasteiger partial charge on any atom is 0.306 e. The van der Waals surface area contributed by atoms with E-state index in [1.807, 2.05) is 0 Å². The Bertz CT molecular complexity index is 1090. The fraction of sp³-hybridized carbons (Fsp3) is 0.780. The molecule has 2 unspecified atom stereocenters. The van der Waals surface area contributed by atoms with Crippen LogP contribution in [0, 0.1) is 0 Å². The summed E-state index contributed by atoms with van der Waals surface area (Å²) in [6.07, 6.45) is 48.5. The fourth-order valence-corrected chi connectivity index (χ4v) is 6.79. The lowest BCUT2D eigenvalue weighted by Crippen LogP contribution is -2.55. The number of allylic oxidation sites excluding steroid dienone is 8. The number of quaternary nitrogens is 1. The molecule has 8 heteroatoms. The van der Waals surface area contributed by atoms with Crippen molar-refractivity contribution in [3.63, 3.8) is 0 Å². The number of carboxylic acid groups (broad SMARTS) is 1. The number of likely N-dealkylation sites (N-methyl/N-ethyl adjacent to an activating group) is 1. The van der Waals surface area contributed by atoms with Crippen LogP contribution in [0.1, 0.15) is 200 Å². The molecule has 0 saturated heterocycles. The van der Waals surface area contributed by atoms with Crippen LogP contribution in [0.5, 0.6) is 0 Å². The minimum absolute atomic E-state index is 0.0342. The van der Waals surface area contributed by atoms with Gasteiger partial charge in [-0.05, 0) is 70.6 Å². The first kappa shape index (κ1) is 55.3. The van der Waals surface area contributed by atoms with E-state index in [9.17, 15) is 19.5 Å². The first-order valence-corrected chi connectivity index (χ1v) is 23.7. The number of carboxylic acids is 1. The van der Waals surface area contributed by atoms with Crippen LogP contribution in [0.4, 0.5) is 0 Å². The summed E-state index contributed by atoms with van der Waals surface area (Å²) < 4.78 is 17.2. The lowest BCUT2D eigenvalue weighted by Gasteiger charge is -2.34. The van der Waals surface area contributed by atoms with Gasteiger partial charge < -0.3 is 28.6 Å². The Balaban J connectivity index is 4.25. The standard InChI is InChI=1S/C50H89NO7/c1-6-8-10-12-14-16-18-20-21-22-23-24-25-26-27-29-30-32-34-36-38-40-48(52)57-45-46(44-56-43-42-47(50(54)55)51(3,4)5)58-49(53)41-39-37-35-33-31-28-19-17-15-13-11-9-7-2/h8,10,14,16,20-21,28,31,46-47H,6-7,9,11-13,15,17-19,22-27,29-30,32-45H2,1-5H3/b10-8+,16-14+,21-20+,31-28+. The number of hydrogen-bond acceptors (Lipinski definition) is 7. The number of esters is 2. The Kier molecular flexibility index (Phi) is 39.1. The van der Waals surface area contributed by atoms with Crippen molar-refractivity contribution in [1.29, 1.82) is 0 Å². The zero-order chi connectivity index (χ0) is 42.8.